The fraction of sp³-hybridized carbons (Fsp3) is 0.600. The minimum atomic E-state index is -0.113. The molecule has 4 bridgehead atoms. The third-order valence-electron chi connectivity index (χ3n) is 9.91. The Kier molecular flexibility index (Phi) is 5.48. The largest absolute Gasteiger partial charge is 0.391 e. The van der Waals surface area contributed by atoms with Crippen molar-refractivity contribution in [1.82, 2.24) is 4.90 Å². The van der Waals surface area contributed by atoms with Gasteiger partial charge in [0.25, 0.3) is 0 Å². The zero-order valence-corrected chi connectivity index (χ0v) is 21.1. The highest BCUT2D eigenvalue weighted by molar-refractivity contribution is 8.01. The van der Waals surface area contributed by atoms with Crippen LogP contribution in [0.25, 0.3) is 11.1 Å². The quantitative estimate of drug-likeness (QED) is 0.503. The smallest absolute Gasteiger partial charge is 0.0723 e. The normalized spacial score (nSPS) is 33.6. The van der Waals surface area contributed by atoms with E-state index in [1.54, 1.807) is 0 Å². The van der Waals surface area contributed by atoms with Crippen LogP contribution >= 0.6 is 11.9 Å². The summed E-state index contributed by atoms with van der Waals surface area (Å²) < 4.78 is 2.54. The van der Waals surface area contributed by atoms with Gasteiger partial charge in [0.2, 0.25) is 0 Å². The predicted molar refractivity (Wildman–Crippen MR) is 141 cm³/mol. The summed E-state index contributed by atoms with van der Waals surface area (Å²) in [6.45, 7) is 4.31. The van der Waals surface area contributed by atoms with Crippen LogP contribution in [0.2, 0.25) is 0 Å². The summed E-state index contributed by atoms with van der Waals surface area (Å²) in [5, 5.41) is 11.4. The van der Waals surface area contributed by atoms with E-state index in [1.807, 2.05) is 11.9 Å². The number of benzene rings is 2. The van der Waals surface area contributed by atoms with E-state index in [9.17, 15) is 5.11 Å². The molecule has 0 aromatic heterocycles. The van der Waals surface area contributed by atoms with Crippen LogP contribution in [0.1, 0.15) is 51.4 Å². The molecule has 0 amide bonds. The van der Waals surface area contributed by atoms with Crippen LogP contribution in [0.4, 0.5) is 5.69 Å². The molecule has 2 heterocycles. The standard InChI is InChI=1S/C30H38N2OS/c33-29(30-16-22-13-23(17-30)15-24(14-22)18-30)20-31-11-9-21(10-12-31)19-32-27-7-3-1-5-25(27)26-6-2-4-8-28(26)34-32/h1-8,21-24,29,33H,9-20H2. The Bertz CT molecular complexity index is 1010. The van der Waals surface area contributed by atoms with E-state index in [4.69, 9.17) is 0 Å². The van der Waals surface area contributed by atoms with Gasteiger partial charge >= 0.3 is 0 Å². The molecule has 0 spiro atoms. The van der Waals surface area contributed by atoms with E-state index in [0.717, 1.165) is 49.9 Å². The van der Waals surface area contributed by atoms with Gasteiger partial charge in [-0.2, -0.15) is 0 Å². The van der Waals surface area contributed by atoms with Crippen molar-refractivity contribution in [3.8, 4) is 11.1 Å². The molecular formula is C30H38N2OS. The summed E-state index contributed by atoms with van der Waals surface area (Å²) in [7, 11) is 0. The molecule has 6 aliphatic rings. The highest BCUT2D eigenvalue weighted by Gasteiger charge is 2.54. The number of nitrogens with zero attached hydrogens (tertiary/aromatic N) is 2. The third kappa shape index (κ3) is 3.81. The van der Waals surface area contributed by atoms with Crippen molar-refractivity contribution in [2.45, 2.75) is 62.4 Å². The van der Waals surface area contributed by atoms with Gasteiger partial charge in [-0.25, -0.2) is 0 Å². The highest BCUT2D eigenvalue weighted by atomic mass is 32.2. The zero-order valence-electron chi connectivity index (χ0n) is 20.2. The number of aliphatic hydroxyl groups excluding tert-OH is 1. The minimum absolute atomic E-state index is 0.113. The maximum atomic E-state index is 11.4. The first kappa shape index (κ1) is 21.8. The number of hydrogen-bond donors (Lipinski definition) is 1. The van der Waals surface area contributed by atoms with E-state index < -0.39 is 0 Å². The number of β-amino-alcohol motifs (C(OH)–C–C–N with tert-alkyl or cyclic N) is 1. The van der Waals surface area contributed by atoms with Gasteiger partial charge in [-0.3, -0.25) is 0 Å². The van der Waals surface area contributed by atoms with Crippen LogP contribution in [0, 0.1) is 29.1 Å². The van der Waals surface area contributed by atoms with Gasteiger partial charge in [0.05, 0.1) is 11.8 Å². The van der Waals surface area contributed by atoms with Gasteiger partial charge in [0.1, 0.15) is 0 Å². The Morgan fingerprint density at radius 2 is 1.47 bits per heavy atom. The summed E-state index contributed by atoms with van der Waals surface area (Å²) in [4.78, 5) is 3.96. The summed E-state index contributed by atoms with van der Waals surface area (Å²) in [6, 6.07) is 17.7. The molecule has 4 heteroatoms. The Morgan fingerprint density at radius 3 is 2.18 bits per heavy atom. The molecule has 1 N–H and O–H groups in total. The van der Waals surface area contributed by atoms with Gasteiger partial charge in [-0.05, 0) is 123 Å². The summed E-state index contributed by atoms with van der Waals surface area (Å²) >= 11 is 1.92. The Morgan fingerprint density at radius 1 is 0.853 bits per heavy atom. The SMILES string of the molecule is OC(CN1CCC(CN2Sc3ccccc3-c3ccccc32)CC1)C12CC3CC(CC(C3)C1)C2. The van der Waals surface area contributed by atoms with Crippen molar-refractivity contribution in [2.24, 2.45) is 29.1 Å². The molecule has 5 fully saturated rings. The topological polar surface area (TPSA) is 26.7 Å². The lowest BCUT2D eigenvalue weighted by Crippen LogP contribution is -2.55. The second kappa shape index (κ2) is 8.57. The van der Waals surface area contributed by atoms with Crippen LogP contribution in [0.15, 0.2) is 53.4 Å². The maximum absolute atomic E-state index is 11.4. The molecule has 2 aliphatic heterocycles. The van der Waals surface area contributed by atoms with E-state index >= 15 is 0 Å². The van der Waals surface area contributed by atoms with Crippen LogP contribution in [0.5, 0.6) is 0 Å². The Labute approximate surface area is 209 Å². The lowest BCUT2D eigenvalue weighted by Gasteiger charge is -2.59. The van der Waals surface area contributed by atoms with E-state index in [1.165, 1.54) is 73.1 Å². The number of rotatable bonds is 5. The van der Waals surface area contributed by atoms with Crippen molar-refractivity contribution >= 4 is 17.6 Å². The van der Waals surface area contributed by atoms with Gasteiger partial charge in [0, 0.05) is 23.5 Å². The van der Waals surface area contributed by atoms with Crippen LogP contribution in [-0.2, 0) is 0 Å². The van der Waals surface area contributed by atoms with Crippen LogP contribution in [0.3, 0.4) is 0 Å². The number of hydrogen-bond acceptors (Lipinski definition) is 4. The second-order valence-electron chi connectivity index (χ2n) is 12.2. The van der Waals surface area contributed by atoms with Crippen LogP contribution < -0.4 is 4.31 Å². The first-order valence-electron chi connectivity index (χ1n) is 13.7. The fourth-order valence-electron chi connectivity index (χ4n) is 8.60. The van der Waals surface area contributed by atoms with Crippen molar-refractivity contribution in [3.05, 3.63) is 48.5 Å². The maximum Gasteiger partial charge on any atom is 0.0723 e. The first-order valence-corrected chi connectivity index (χ1v) is 14.5. The molecule has 3 nitrogen and oxygen atoms in total. The average molecular weight is 475 g/mol. The Balaban J connectivity index is 0.978. The average Bonchev–Trinajstić information content (AvgIpc) is 2.84. The minimum Gasteiger partial charge on any atom is -0.391 e. The number of fused-ring (bicyclic) bond motifs is 3. The molecule has 4 aliphatic carbocycles. The van der Waals surface area contributed by atoms with Gasteiger partial charge in [-0.1, -0.05) is 36.4 Å². The number of piperidine rings is 1. The molecule has 1 saturated heterocycles. The summed E-state index contributed by atoms with van der Waals surface area (Å²) in [5.74, 6) is 3.48. The lowest BCUT2D eigenvalue weighted by molar-refractivity contribution is -0.127. The molecule has 8 rings (SSSR count). The van der Waals surface area contributed by atoms with Crippen molar-refractivity contribution in [2.75, 3.05) is 30.5 Å². The second-order valence-corrected chi connectivity index (χ2v) is 13.3. The van der Waals surface area contributed by atoms with E-state index in [-0.39, 0.29) is 11.5 Å². The molecule has 4 saturated carbocycles. The van der Waals surface area contributed by atoms with Gasteiger partial charge in [0.15, 0.2) is 0 Å². The molecule has 180 valence electrons. The van der Waals surface area contributed by atoms with Gasteiger partial charge in [-0.15, -0.1) is 0 Å². The highest BCUT2D eigenvalue weighted by Crippen LogP contribution is 2.61. The predicted octanol–water partition coefficient (Wildman–Crippen LogP) is 6.47. The first-order chi connectivity index (χ1) is 16.6. The fourth-order valence-corrected chi connectivity index (χ4v) is 9.80. The van der Waals surface area contributed by atoms with E-state index in [0.29, 0.717) is 0 Å². The zero-order chi connectivity index (χ0) is 22.7. The van der Waals surface area contributed by atoms with Crippen LogP contribution in [-0.4, -0.2) is 42.3 Å². The number of likely N-dealkylation sites (tertiary alicyclic amines) is 1. The van der Waals surface area contributed by atoms with Crippen molar-refractivity contribution in [1.29, 1.82) is 0 Å². The molecule has 2 aromatic carbocycles. The monoisotopic (exact) mass is 474 g/mol. The summed E-state index contributed by atoms with van der Waals surface area (Å²) in [6.07, 6.45) is 10.7. The van der Waals surface area contributed by atoms with Crippen molar-refractivity contribution < 1.29 is 5.11 Å². The molecule has 1 unspecified atom stereocenters. The molecule has 1 atom stereocenters. The van der Waals surface area contributed by atoms with Crippen molar-refractivity contribution in [3.63, 3.8) is 0 Å². The number of anilines is 1. The summed E-state index contributed by atoms with van der Waals surface area (Å²) in [5.41, 5.74) is 4.36. The number of para-hydroxylation sites is 1. The molecule has 2 aromatic rings. The van der Waals surface area contributed by atoms with Gasteiger partial charge < -0.3 is 14.3 Å². The molecular weight excluding hydrogens is 436 g/mol. The third-order valence-corrected chi connectivity index (χ3v) is 11.0. The lowest BCUT2D eigenvalue weighted by atomic mass is 9.48. The Hall–Kier alpha value is -1.49. The number of aliphatic hydroxyl groups is 1. The van der Waals surface area contributed by atoms with E-state index in [2.05, 4.69) is 57.7 Å². The molecule has 34 heavy (non-hydrogen) atoms. The molecule has 0 radical (unpaired) electrons.